The van der Waals surface area contributed by atoms with E-state index in [9.17, 15) is 18.0 Å². The first kappa shape index (κ1) is 11.2. The van der Waals surface area contributed by atoms with Crippen LogP contribution in [-0.2, 0) is 4.84 Å². The van der Waals surface area contributed by atoms with E-state index in [1.807, 2.05) is 0 Å². The summed E-state index contributed by atoms with van der Waals surface area (Å²) in [5.41, 5.74) is 6.13. The maximum atomic E-state index is 11.6. The summed E-state index contributed by atoms with van der Waals surface area (Å²) in [4.78, 5) is 14.8. The number of carbonyl (C=O) groups is 1. The van der Waals surface area contributed by atoms with Gasteiger partial charge in [0.15, 0.2) is 6.61 Å². The van der Waals surface area contributed by atoms with Gasteiger partial charge in [0.05, 0.1) is 0 Å². The van der Waals surface area contributed by atoms with Gasteiger partial charge in [0, 0.05) is 0 Å². The van der Waals surface area contributed by atoms with Crippen LogP contribution in [0.25, 0.3) is 0 Å². The summed E-state index contributed by atoms with van der Waals surface area (Å²) in [7, 11) is 0. The van der Waals surface area contributed by atoms with E-state index in [1.54, 1.807) is 0 Å². The number of nitrogen functional groups attached to an aromatic ring is 1. The van der Waals surface area contributed by atoms with Crippen LogP contribution in [0.4, 0.5) is 19.0 Å². The van der Waals surface area contributed by atoms with Gasteiger partial charge in [-0.1, -0.05) is 0 Å². The third-order valence-corrected chi connectivity index (χ3v) is 1.13. The number of nitrogens with one attached hydrogen (secondary N) is 1. The molecule has 0 fully saturated rings. The summed E-state index contributed by atoms with van der Waals surface area (Å²) in [5, 5.41) is 6.09. The lowest BCUT2D eigenvalue weighted by Gasteiger charge is -2.06. The average Bonchev–Trinajstić information content (AvgIpc) is 2.48. The van der Waals surface area contributed by atoms with Gasteiger partial charge in [-0.05, 0) is 10.3 Å². The van der Waals surface area contributed by atoms with Crippen molar-refractivity contribution in [3.05, 3.63) is 5.69 Å². The predicted octanol–water partition coefficient (Wildman–Crippen LogP) is -0.125. The molecular formula is C5H5F3N4O3. The molecule has 84 valence electrons. The van der Waals surface area contributed by atoms with Gasteiger partial charge >= 0.3 is 12.1 Å². The number of anilines is 1. The van der Waals surface area contributed by atoms with Crippen molar-refractivity contribution in [3.8, 4) is 0 Å². The number of nitrogens with zero attached hydrogens (tertiary/aromatic N) is 2. The first-order valence-electron chi connectivity index (χ1n) is 3.47. The zero-order valence-electron chi connectivity index (χ0n) is 7.04. The standard InChI is InChI=1S/C5H5F3N4O3/c6-5(7,8)1-14-12-4(13)2-3(9)11-15-10-2/h1H2,(H2,9,11)(H,12,13). The molecule has 1 amide bonds. The van der Waals surface area contributed by atoms with Crippen LogP contribution < -0.4 is 11.2 Å². The number of amides is 1. The van der Waals surface area contributed by atoms with Crippen molar-refractivity contribution in [1.29, 1.82) is 0 Å². The van der Waals surface area contributed by atoms with Crippen molar-refractivity contribution < 1.29 is 27.4 Å². The maximum Gasteiger partial charge on any atom is 0.414 e. The highest BCUT2D eigenvalue weighted by Gasteiger charge is 2.28. The van der Waals surface area contributed by atoms with Crippen molar-refractivity contribution in [1.82, 2.24) is 15.8 Å². The molecule has 0 aliphatic carbocycles. The summed E-state index contributed by atoms with van der Waals surface area (Å²) >= 11 is 0. The van der Waals surface area contributed by atoms with Gasteiger partial charge in [-0.25, -0.2) is 10.1 Å². The van der Waals surface area contributed by atoms with E-state index in [1.165, 1.54) is 5.48 Å². The molecule has 0 saturated carbocycles. The Bertz CT molecular complexity index is 350. The van der Waals surface area contributed by atoms with E-state index < -0.39 is 24.4 Å². The lowest BCUT2D eigenvalue weighted by Crippen LogP contribution is -2.30. The topological polar surface area (TPSA) is 103 Å². The lowest BCUT2D eigenvalue weighted by molar-refractivity contribution is -0.184. The van der Waals surface area contributed by atoms with E-state index in [4.69, 9.17) is 5.73 Å². The first-order valence-corrected chi connectivity index (χ1v) is 3.47. The second-order valence-electron chi connectivity index (χ2n) is 2.33. The van der Waals surface area contributed by atoms with Crippen molar-refractivity contribution in [3.63, 3.8) is 0 Å². The zero-order chi connectivity index (χ0) is 11.5. The Labute approximate surface area is 80.3 Å². The van der Waals surface area contributed by atoms with E-state index in [0.29, 0.717) is 0 Å². The number of halogens is 3. The molecule has 0 radical (unpaired) electrons. The molecule has 1 aromatic rings. The molecular weight excluding hydrogens is 221 g/mol. The van der Waals surface area contributed by atoms with Gasteiger partial charge in [-0.15, -0.1) is 0 Å². The van der Waals surface area contributed by atoms with Crippen molar-refractivity contribution in [2.45, 2.75) is 6.18 Å². The summed E-state index contributed by atoms with van der Waals surface area (Å²) < 4.78 is 38.8. The second-order valence-corrected chi connectivity index (χ2v) is 2.33. The van der Waals surface area contributed by atoms with Crippen LogP contribution >= 0.6 is 0 Å². The summed E-state index contributed by atoms with van der Waals surface area (Å²) in [6.07, 6.45) is -4.54. The van der Waals surface area contributed by atoms with Gasteiger partial charge in [-0.3, -0.25) is 9.63 Å². The Balaban J connectivity index is 2.41. The number of hydrogen-bond donors (Lipinski definition) is 2. The number of alkyl halides is 3. The SMILES string of the molecule is Nc1nonc1C(=O)NOCC(F)(F)F. The fourth-order valence-corrected chi connectivity index (χ4v) is 0.585. The van der Waals surface area contributed by atoms with Crippen molar-refractivity contribution in [2.24, 2.45) is 0 Å². The van der Waals surface area contributed by atoms with E-state index in [2.05, 4.69) is 19.8 Å². The lowest BCUT2D eigenvalue weighted by atomic mass is 10.4. The summed E-state index contributed by atoms with van der Waals surface area (Å²) in [6, 6.07) is 0. The second kappa shape index (κ2) is 4.13. The van der Waals surface area contributed by atoms with Crippen molar-refractivity contribution >= 4 is 11.7 Å². The molecule has 0 aromatic carbocycles. The average molecular weight is 226 g/mol. The number of hydroxylamine groups is 1. The molecule has 3 N–H and O–H groups in total. The van der Waals surface area contributed by atoms with Crippen LogP contribution in [0.5, 0.6) is 0 Å². The normalized spacial score (nSPS) is 11.4. The quantitative estimate of drug-likeness (QED) is 0.696. The largest absolute Gasteiger partial charge is 0.414 e. The number of carbonyl (C=O) groups excluding carboxylic acids is 1. The highest BCUT2D eigenvalue weighted by Crippen LogP contribution is 2.13. The van der Waals surface area contributed by atoms with Gasteiger partial charge in [0.2, 0.25) is 11.5 Å². The molecule has 10 heteroatoms. The molecule has 0 spiro atoms. The van der Waals surface area contributed by atoms with E-state index in [-0.39, 0.29) is 5.82 Å². The minimum Gasteiger partial charge on any atom is -0.379 e. The molecule has 1 rings (SSSR count). The first-order chi connectivity index (χ1) is 6.90. The Kier molecular flexibility index (Phi) is 3.09. The van der Waals surface area contributed by atoms with Crippen molar-refractivity contribution in [2.75, 3.05) is 12.3 Å². The molecule has 0 atom stereocenters. The Morgan fingerprint density at radius 2 is 2.20 bits per heavy atom. The number of rotatable bonds is 3. The Morgan fingerprint density at radius 3 is 2.67 bits per heavy atom. The Hall–Kier alpha value is -1.84. The van der Waals surface area contributed by atoms with E-state index >= 15 is 0 Å². The Morgan fingerprint density at radius 1 is 1.53 bits per heavy atom. The third-order valence-electron chi connectivity index (χ3n) is 1.13. The molecule has 0 unspecified atom stereocenters. The molecule has 1 heterocycles. The van der Waals surface area contributed by atoms with Gasteiger partial charge in [0.25, 0.3) is 0 Å². The maximum absolute atomic E-state index is 11.6. The van der Waals surface area contributed by atoms with Gasteiger partial charge < -0.3 is 5.73 Å². The molecule has 0 bridgehead atoms. The van der Waals surface area contributed by atoms with Crippen LogP contribution in [0.2, 0.25) is 0 Å². The number of aromatic nitrogens is 2. The van der Waals surface area contributed by atoms with E-state index in [0.717, 1.165) is 0 Å². The number of hydrogen-bond acceptors (Lipinski definition) is 6. The van der Waals surface area contributed by atoms with Crippen LogP contribution in [-0.4, -0.2) is 29.0 Å². The summed E-state index contributed by atoms with van der Waals surface area (Å²) in [6.45, 7) is -1.62. The van der Waals surface area contributed by atoms with Crippen LogP contribution in [0, 0.1) is 0 Å². The molecule has 15 heavy (non-hydrogen) atoms. The van der Waals surface area contributed by atoms with Crippen LogP contribution in [0.15, 0.2) is 4.63 Å². The number of nitrogens with two attached hydrogens (primary N) is 1. The van der Waals surface area contributed by atoms with Gasteiger partial charge in [0.1, 0.15) is 0 Å². The minimum absolute atomic E-state index is 0.344. The van der Waals surface area contributed by atoms with Crippen LogP contribution in [0.3, 0.4) is 0 Å². The molecule has 7 nitrogen and oxygen atoms in total. The molecule has 0 aliphatic rings. The highest BCUT2D eigenvalue weighted by molar-refractivity contribution is 5.95. The highest BCUT2D eigenvalue weighted by atomic mass is 19.4. The molecule has 0 saturated heterocycles. The van der Waals surface area contributed by atoms with Crippen LogP contribution in [0.1, 0.15) is 10.5 Å². The minimum atomic E-state index is -4.54. The fraction of sp³-hybridized carbons (Fsp3) is 0.400. The summed E-state index contributed by atoms with van der Waals surface area (Å²) in [5.74, 6) is -1.42. The monoisotopic (exact) mass is 226 g/mol. The predicted molar refractivity (Wildman–Crippen MR) is 38.2 cm³/mol. The van der Waals surface area contributed by atoms with Gasteiger partial charge in [-0.2, -0.15) is 13.2 Å². The fourth-order valence-electron chi connectivity index (χ4n) is 0.585. The third kappa shape index (κ3) is 3.42. The molecule has 0 aliphatic heterocycles. The smallest absolute Gasteiger partial charge is 0.379 e. The zero-order valence-corrected chi connectivity index (χ0v) is 7.04. The molecule has 1 aromatic heterocycles.